The van der Waals surface area contributed by atoms with Gasteiger partial charge in [0.25, 0.3) is 20.2 Å². The van der Waals surface area contributed by atoms with Crippen LogP contribution in [0.1, 0.15) is 61.1 Å². The van der Waals surface area contributed by atoms with Gasteiger partial charge in [-0.15, -0.1) is 45.3 Å². The highest BCUT2D eigenvalue weighted by atomic mass is 32.2. The molecule has 4 rings (SSSR count). The molecular weight excluding hydrogens is 625 g/mol. The summed E-state index contributed by atoms with van der Waals surface area (Å²) in [6.07, 6.45) is 8.55. The Bertz CT molecular complexity index is 1450. The van der Waals surface area contributed by atoms with Gasteiger partial charge in [-0.05, 0) is 87.1 Å². The van der Waals surface area contributed by atoms with E-state index >= 15 is 0 Å². The fourth-order valence-corrected chi connectivity index (χ4v) is 9.89. The molecule has 2 N–H and O–H groups in total. The number of unbranched alkanes of at least 4 members (excludes halogenated alkanes) is 6. The molecule has 40 heavy (non-hydrogen) atoms. The number of rotatable bonds is 17. The van der Waals surface area contributed by atoms with E-state index in [0.717, 1.165) is 51.4 Å². The Hall–Kier alpha value is -1.38. The minimum absolute atomic E-state index is 0.150. The van der Waals surface area contributed by atoms with E-state index in [4.69, 9.17) is 9.11 Å². The normalized spacial score (nSPS) is 12.3. The molecule has 0 unspecified atom stereocenters. The smallest absolute Gasteiger partial charge is 0.264 e. The quantitative estimate of drug-likeness (QED) is 0.0866. The largest absolute Gasteiger partial charge is 0.286 e. The SMILES string of the molecule is O=S(=O)(O)CCCCCCc1ccc(-c2ccc(-c3ccc(-c4ccc(CCCCCCS(=O)(=O)O)s4)s3)s2)s1. The van der Waals surface area contributed by atoms with E-state index in [9.17, 15) is 16.8 Å². The molecule has 0 aliphatic heterocycles. The topological polar surface area (TPSA) is 109 Å². The summed E-state index contributed by atoms with van der Waals surface area (Å²) in [6, 6.07) is 17.6. The van der Waals surface area contributed by atoms with E-state index in [0.29, 0.717) is 12.8 Å². The second-order valence-corrected chi connectivity index (χ2v) is 17.4. The fraction of sp³-hybridized carbons (Fsp3) is 0.429. The average molecular weight is 659 g/mol. The first-order valence-electron chi connectivity index (χ1n) is 13.3. The minimum atomic E-state index is -3.84. The van der Waals surface area contributed by atoms with Gasteiger partial charge in [-0.25, -0.2) is 0 Å². The van der Waals surface area contributed by atoms with Crippen molar-refractivity contribution in [3.05, 3.63) is 58.3 Å². The van der Waals surface area contributed by atoms with Gasteiger partial charge in [0.1, 0.15) is 0 Å². The molecule has 4 aromatic rings. The third kappa shape index (κ3) is 10.5. The van der Waals surface area contributed by atoms with Crippen LogP contribution in [-0.4, -0.2) is 37.4 Å². The molecule has 0 saturated carbocycles. The maximum absolute atomic E-state index is 10.8. The van der Waals surface area contributed by atoms with Crippen LogP contribution in [0.4, 0.5) is 0 Å². The van der Waals surface area contributed by atoms with E-state index in [1.54, 1.807) is 0 Å². The van der Waals surface area contributed by atoms with Crippen molar-refractivity contribution in [2.24, 2.45) is 0 Å². The molecule has 0 saturated heterocycles. The van der Waals surface area contributed by atoms with Crippen LogP contribution in [0.25, 0.3) is 29.3 Å². The molecule has 0 amide bonds. The Morgan fingerprint density at radius 3 is 1.07 bits per heavy atom. The summed E-state index contributed by atoms with van der Waals surface area (Å²) in [7, 11) is -7.69. The lowest BCUT2D eigenvalue weighted by Gasteiger charge is -1.99. The van der Waals surface area contributed by atoms with E-state index in [-0.39, 0.29) is 11.5 Å². The molecule has 0 aliphatic rings. The van der Waals surface area contributed by atoms with E-state index < -0.39 is 20.2 Å². The lowest BCUT2D eigenvalue weighted by molar-refractivity contribution is 0.477. The van der Waals surface area contributed by atoms with Crippen LogP contribution < -0.4 is 0 Å². The van der Waals surface area contributed by atoms with Crippen LogP contribution in [0.2, 0.25) is 0 Å². The molecule has 0 spiro atoms. The first-order chi connectivity index (χ1) is 19.1. The highest BCUT2D eigenvalue weighted by Crippen LogP contribution is 2.43. The van der Waals surface area contributed by atoms with Gasteiger partial charge in [0.15, 0.2) is 0 Å². The second kappa shape index (κ2) is 14.7. The molecule has 0 fully saturated rings. The second-order valence-electron chi connectivity index (χ2n) is 9.76. The monoisotopic (exact) mass is 658 g/mol. The molecule has 0 radical (unpaired) electrons. The Kier molecular flexibility index (Phi) is 11.6. The maximum Gasteiger partial charge on any atom is 0.264 e. The third-order valence-corrected chi connectivity index (χ3v) is 13.1. The van der Waals surface area contributed by atoms with Crippen molar-refractivity contribution in [1.82, 2.24) is 0 Å². The summed E-state index contributed by atoms with van der Waals surface area (Å²) >= 11 is 7.27. The zero-order valence-electron chi connectivity index (χ0n) is 22.1. The molecule has 12 heteroatoms. The van der Waals surface area contributed by atoms with Crippen molar-refractivity contribution in [2.45, 2.75) is 64.2 Å². The van der Waals surface area contributed by atoms with Crippen LogP contribution in [0.5, 0.6) is 0 Å². The van der Waals surface area contributed by atoms with Crippen molar-refractivity contribution in [2.75, 3.05) is 11.5 Å². The van der Waals surface area contributed by atoms with Gasteiger partial charge in [0.2, 0.25) is 0 Å². The first kappa shape index (κ1) is 31.6. The first-order valence-corrected chi connectivity index (χ1v) is 19.8. The van der Waals surface area contributed by atoms with Crippen molar-refractivity contribution in [3.63, 3.8) is 0 Å². The Morgan fingerprint density at radius 2 is 0.725 bits per heavy atom. The molecule has 0 aromatic carbocycles. The predicted molar refractivity (Wildman–Crippen MR) is 171 cm³/mol. The van der Waals surface area contributed by atoms with Crippen molar-refractivity contribution < 1.29 is 25.9 Å². The summed E-state index contributed by atoms with van der Waals surface area (Å²) in [6.45, 7) is 0. The maximum atomic E-state index is 10.8. The zero-order chi connectivity index (χ0) is 28.6. The zero-order valence-corrected chi connectivity index (χ0v) is 27.0. The number of aryl methyl sites for hydroxylation is 2. The Labute approximate surface area is 253 Å². The number of thiophene rings is 4. The van der Waals surface area contributed by atoms with Crippen molar-refractivity contribution >= 4 is 65.6 Å². The molecule has 0 atom stereocenters. The highest BCUT2D eigenvalue weighted by molar-refractivity contribution is 7.86. The van der Waals surface area contributed by atoms with Gasteiger partial charge in [-0.3, -0.25) is 9.11 Å². The molecule has 4 heterocycles. The predicted octanol–water partition coefficient (Wildman–Crippen LogP) is 8.92. The summed E-state index contributed by atoms with van der Waals surface area (Å²) < 4.78 is 60.8. The fourth-order valence-electron chi connectivity index (χ4n) is 4.37. The average Bonchev–Trinajstić information content (AvgIpc) is 3.68. The van der Waals surface area contributed by atoms with Gasteiger partial charge in [0.05, 0.1) is 11.5 Å². The summed E-state index contributed by atoms with van der Waals surface area (Å²) in [5.74, 6) is -0.300. The Balaban J connectivity index is 1.24. The Morgan fingerprint density at radius 1 is 0.425 bits per heavy atom. The number of hydrogen-bond acceptors (Lipinski definition) is 8. The molecule has 4 aromatic heterocycles. The van der Waals surface area contributed by atoms with Gasteiger partial charge >= 0.3 is 0 Å². The summed E-state index contributed by atoms with van der Waals surface area (Å²) in [5, 5.41) is 0. The van der Waals surface area contributed by atoms with Crippen LogP contribution >= 0.6 is 45.3 Å². The third-order valence-electron chi connectivity index (χ3n) is 6.41. The van der Waals surface area contributed by atoms with Crippen LogP contribution in [0, 0.1) is 0 Å². The van der Waals surface area contributed by atoms with Crippen LogP contribution in [0.15, 0.2) is 48.5 Å². The number of hydrogen-bond donors (Lipinski definition) is 2. The van der Waals surface area contributed by atoms with Gasteiger partial charge in [-0.2, -0.15) is 16.8 Å². The van der Waals surface area contributed by atoms with Gasteiger partial charge in [-0.1, -0.05) is 25.7 Å². The van der Waals surface area contributed by atoms with E-state index in [1.807, 2.05) is 45.3 Å². The summed E-state index contributed by atoms with van der Waals surface area (Å²) in [4.78, 5) is 10.3. The molecule has 0 aliphatic carbocycles. The van der Waals surface area contributed by atoms with Crippen LogP contribution in [-0.2, 0) is 33.1 Å². The van der Waals surface area contributed by atoms with Crippen molar-refractivity contribution in [1.29, 1.82) is 0 Å². The standard InChI is InChI=1S/C28H34O6S6/c29-39(30,31)19-7-3-1-5-9-21-11-13-23(35-21)25-15-17-27(37-25)28-18-16-26(38-28)24-14-12-22(36-24)10-6-2-4-8-20-40(32,33)34/h11-18H,1-10,19-20H2,(H,29,30,31)(H,32,33,34). The lowest BCUT2D eigenvalue weighted by Crippen LogP contribution is -2.03. The van der Waals surface area contributed by atoms with Gasteiger partial charge < -0.3 is 0 Å². The van der Waals surface area contributed by atoms with Crippen LogP contribution in [0.3, 0.4) is 0 Å². The summed E-state index contributed by atoms with van der Waals surface area (Å²) in [5.41, 5.74) is 0. The molecular formula is C28H34O6S6. The molecule has 6 nitrogen and oxygen atoms in total. The van der Waals surface area contributed by atoms with Crippen molar-refractivity contribution in [3.8, 4) is 29.3 Å². The van der Waals surface area contributed by atoms with Gasteiger partial charge in [0, 0.05) is 39.0 Å². The minimum Gasteiger partial charge on any atom is -0.286 e. The van der Waals surface area contributed by atoms with E-state index in [2.05, 4.69) is 48.5 Å². The lowest BCUT2D eigenvalue weighted by atomic mass is 10.1. The molecule has 218 valence electrons. The molecule has 0 bridgehead atoms. The highest BCUT2D eigenvalue weighted by Gasteiger charge is 2.12. The van der Waals surface area contributed by atoms with E-state index in [1.165, 1.54) is 39.0 Å².